The smallest absolute Gasteiger partial charge is 0.227 e. The first-order valence-corrected chi connectivity index (χ1v) is 8.05. The van der Waals surface area contributed by atoms with Crippen LogP contribution < -0.4 is 4.74 Å². The van der Waals surface area contributed by atoms with E-state index >= 15 is 0 Å². The van der Waals surface area contributed by atoms with E-state index in [-0.39, 0.29) is 5.91 Å². The number of aryl methyl sites for hydroxylation is 1. The van der Waals surface area contributed by atoms with Gasteiger partial charge in [0.05, 0.1) is 13.5 Å². The molecule has 1 amide bonds. The maximum Gasteiger partial charge on any atom is 0.227 e. The van der Waals surface area contributed by atoms with Gasteiger partial charge in [0.1, 0.15) is 11.6 Å². The van der Waals surface area contributed by atoms with Gasteiger partial charge in [0.25, 0.3) is 0 Å². The molecule has 0 saturated carbocycles. The van der Waals surface area contributed by atoms with Gasteiger partial charge in [-0.25, -0.2) is 4.98 Å². The number of nitrogens with zero attached hydrogens (tertiary/aromatic N) is 3. The van der Waals surface area contributed by atoms with Crippen LogP contribution in [0, 0.1) is 0 Å². The summed E-state index contributed by atoms with van der Waals surface area (Å²) in [5, 5.41) is 0. The summed E-state index contributed by atoms with van der Waals surface area (Å²) in [6, 6.07) is 7.71. The van der Waals surface area contributed by atoms with Crippen molar-refractivity contribution in [2.24, 2.45) is 7.05 Å². The number of amides is 1. The van der Waals surface area contributed by atoms with Crippen molar-refractivity contribution < 1.29 is 9.53 Å². The van der Waals surface area contributed by atoms with Crippen molar-refractivity contribution >= 4 is 5.91 Å². The molecule has 0 bridgehead atoms. The summed E-state index contributed by atoms with van der Waals surface area (Å²) in [4.78, 5) is 19.0. The number of carbonyl (C=O) groups is 1. The first-order chi connectivity index (χ1) is 11.2. The zero-order valence-corrected chi connectivity index (χ0v) is 13.7. The molecule has 23 heavy (non-hydrogen) atoms. The van der Waals surface area contributed by atoms with Gasteiger partial charge in [-0.15, -0.1) is 0 Å². The largest absolute Gasteiger partial charge is 0.497 e. The van der Waals surface area contributed by atoms with Gasteiger partial charge in [-0.2, -0.15) is 0 Å². The van der Waals surface area contributed by atoms with E-state index in [1.54, 1.807) is 7.11 Å². The lowest BCUT2D eigenvalue weighted by molar-refractivity contribution is -0.131. The Morgan fingerprint density at radius 2 is 2.13 bits per heavy atom. The predicted molar refractivity (Wildman–Crippen MR) is 88.5 cm³/mol. The number of hydrogen-bond donors (Lipinski definition) is 0. The molecule has 5 nitrogen and oxygen atoms in total. The molecule has 0 aliphatic carbocycles. The van der Waals surface area contributed by atoms with Gasteiger partial charge >= 0.3 is 0 Å². The van der Waals surface area contributed by atoms with Crippen molar-refractivity contribution in [2.45, 2.75) is 25.2 Å². The van der Waals surface area contributed by atoms with Crippen LogP contribution in [-0.2, 0) is 18.3 Å². The van der Waals surface area contributed by atoms with E-state index in [1.165, 1.54) is 0 Å². The second-order valence-corrected chi connectivity index (χ2v) is 6.10. The zero-order valence-electron chi connectivity index (χ0n) is 13.7. The number of hydrogen-bond acceptors (Lipinski definition) is 3. The lowest BCUT2D eigenvalue weighted by Gasteiger charge is -2.32. The minimum absolute atomic E-state index is 0.189. The van der Waals surface area contributed by atoms with Crippen LogP contribution in [-0.4, -0.2) is 40.6 Å². The molecule has 122 valence electrons. The first-order valence-electron chi connectivity index (χ1n) is 8.05. The van der Waals surface area contributed by atoms with E-state index in [0.717, 1.165) is 43.1 Å². The molecule has 1 atom stereocenters. The summed E-state index contributed by atoms with van der Waals surface area (Å²) in [6.45, 7) is 1.61. The van der Waals surface area contributed by atoms with Gasteiger partial charge in [0, 0.05) is 38.4 Å². The highest BCUT2D eigenvalue weighted by atomic mass is 16.5. The third-order valence-corrected chi connectivity index (χ3v) is 4.51. The van der Waals surface area contributed by atoms with Crippen molar-refractivity contribution in [3.05, 3.63) is 48.0 Å². The van der Waals surface area contributed by atoms with Crippen LogP contribution in [0.15, 0.2) is 36.7 Å². The fraction of sp³-hybridized carbons (Fsp3) is 0.444. The topological polar surface area (TPSA) is 47.4 Å². The van der Waals surface area contributed by atoms with Crippen LogP contribution in [0.5, 0.6) is 5.75 Å². The Morgan fingerprint density at radius 1 is 1.35 bits per heavy atom. The summed E-state index contributed by atoms with van der Waals surface area (Å²) < 4.78 is 7.21. The van der Waals surface area contributed by atoms with E-state index in [0.29, 0.717) is 12.3 Å². The van der Waals surface area contributed by atoms with Gasteiger partial charge in [-0.05, 0) is 30.5 Å². The highest BCUT2D eigenvalue weighted by Crippen LogP contribution is 2.26. The maximum absolute atomic E-state index is 12.6. The van der Waals surface area contributed by atoms with Crippen molar-refractivity contribution in [3.63, 3.8) is 0 Å². The van der Waals surface area contributed by atoms with Crippen LogP contribution in [0.1, 0.15) is 30.1 Å². The molecule has 3 rings (SSSR count). The fourth-order valence-electron chi connectivity index (χ4n) is 3.21. The average molecular weight is 313 g/mol. The highest BCUT2D eigenvalue weighted by Gasteiger charge is 2.26. The van der Waals surface area contributed by atoms with E-state index < -0.39 is 0 Å². The number of aromatic nitrogens is 2. The molecule has 0 N–H and O–H groups in total. The molecule has 1 aliphatic rings. The first kappa shape index (κ1) is 15.6. The summed E-state index contributed by atoms with van der Waals surface area (Å²) >= 11 is 0. The summed E-state index contributed by atoms with van der Waals surface area (Å²) in [7, 11) is 3.66. The number of imidazole rings is 1. The number of methoxy groups -OCH3 is 1. The minimum Gasteiger partial charge on any atom is -0.497 e. The van der Waals surface area contributed by atoms with Crippen LogP contribution >= 0.6 is 0 Å². The van der Waals surface area contributed by atoms with E-state index in [4.69, 9.17) is 4.74 Å². The second-order valence-electron chi connectivity index (χ2n) is 6.10. The molecular weight excluding hydrogens is 290 g/mol. The normalized spacial score (nSPS) is 18.0. The van der Waals surface area contributed by atoms with Crippen molar-refractivity contribution in [3.8, 4) is 5.75 Å². The average Bonchev–Trinajstić information content (AvgIpc) is 3.02. The monoisotopic (exact) mass is 313 g/mol. The molecular formula is C18H23N3O2. The fourth-order valence-corrected chi connectivity index (χ4v) is 3.21. The summed E-state index contributed by atoms with van der Waals surface area (Å²) in [6.07, 6.45) is 6.36. The van der Waals surface area contributed by atoms with E-state index in [2.05, 4.69) is 9.55 Å². The Labute approximate surface area is 136 Å². The molecule has 0 spiro atoms. The molecule has 1 aromatic carbocycles. The number of likely N-dealkylation sites (tertiary alicyclic amines) is 1. The molecule has 2 aromatic rings. The number of carbonyl (C=O) groups excluding carboxylic acids is 1. The SMILES string of the molecule is COc1ccc(CC(=O)N2CCCC(c3nccn3C)C2)cc1. The third kappa shape index (κ3) is 3.55. The third-order valence-electron chi connectivity index (χ3n) is 4.51. The molecule has 1 saturated heterocycles. The van der Waals surface area contributed by atoms with Crippen molar-refractivity contribution in [2.75, 3.05) is 20.2 Å². The molecule has 1 fully saturated rings. The van der Waals surface area contributed by atoms with Crippen LogP contribution in [0.4, 0.5) is 0 Å². The van der Waals surface area contributed by atoms with Crippen LogP contribution in [0.2, 0.25) is 0 Å². The van der Waals surface area contributed by atoms with Gasteiger partial charge in [-0.3, -0.25) is 4.79 Å². The van der Waals surface area contributed by atoms with Gasteiger partial charge < -0.3 is 14.2 Å². The summed E-state index contributed by atoms with van der Waals surface area (Å²) in [5.41, 5.74) is 1.02. The Bertz CT molecular complexity index is 663. The molecule has 1 unspecified atom stereocenters. The number of rotatable bonds is 4. The van der Waals surface area contributed by atoms with Gasteiger partial charge in [-0.1, -0.05) is 12.1 Å². The second kappa shape index (κ2) is 6.86. The van der Waals surface area contributed by atoms with Gasteiger partial charge in [0.15, 0.2) is 0 Å². The Balaban J connectivity index is 1.63. The lowest BCUT2D eigenvalue weighted by atomic mass is 9.96. The van der Waals surface area contributed by atoms with E-state index in [1.807, 2.05) is 48.6 Å². The molecule has 5 heteroatoms. The number of ether oxygens (including phenoxy) is 1. The van der Waals surface area contributed by atoms with Crippen LogP contribution in [0.25, 0.3) is 0 Å². The van der Waals surface area contributed by atoms with Crippen molar-refractivity contribution in [1.82, 2.24) is 14.5 Å². The van der Waals surface area contributed by atoms with Crippen molar-refractivity contribution in [1.29, 1.82) is 0 Å². The number of benzene rings is 1. The maximum atomic E-state index is 12.6. The predicted octanol–water partition coefficient (Wildman–Crippen LogP) is 2.38. The Kier molecular flexibility index (Phi) is 4.65. The molecule has 1 aromatic heterocycles. The Morgan fingerprint density at radius 3 is 2.78 bits per heavy atom. The number of piperidine rings is 1. The van der Waals surface area contributed by atoms with Gasteiger partial charge in [0.2, 0.25) is 5.91 Å². The molecule has 1 aliphatic heterocycles. The quantitative estimate of drug-likeness (QED) is 0.870. The highest BCUT2D eigenvalue weighted by molar-refractivity contribution is 5.79. The Hall–Kier alpha value is -2.30. The lowest BCUT2D eigenvalue weighted by Crippen LogP contribution is -2.40. The zero-order chi connectivity index (χ0) is 16.2. The standard InChI is InChI=1S/C18H23N3O2/c1-20-11-9-19-18(20)15-4-3-10-21(13-15)17(22)12-14-5-7-16(23-2)8-6-14/h5-9,11,15H,3-4,10,12-13H2,1-2H3. The molecule has 2 heterocycles. The molecule has 0 radical (unpaired) electrons. The minimum atomic E-state index is 0.189. The van der Waals surface area contributed by atoms with Crippen LogP contribution in [0.3, 0.4) is 0 Å². The van der Waals surface area contributed by atoms with E-state index in [9.17, 15) is 4.79 Å². The summed E-state index contributed by atoms with van der Waals surface area (Å²) in [5.74, 6) is 2.42.